The van der Waals surface area contributed by atoms with Gasteiger partial charge in [-0.3, -0.25) is 5.32 Å². The number of carbonyl (C=O) groups excluding carboxylic acids is 1. The van der Waals surface area contributed by atoms with E-state index in [1.54, 1.807) is 0 Å². The van der Waals surface area contributed by atoms with Crippen LogP contribution < -0.4 is 5.32 Å². The Balaban J connectivity index is 2.70. The zero-order valence-corrected chi connectivity index (χ0v) is 9.97. The fourth-order valence-corrected chi connectivity index (χ4v) is 1.27. The lowest BCUT2D eigenvalue weighted by Gasteiger charge is -2.09. The van der Waals surface area contributed by atoms with Gasteiger partial charge in [0.05, 0.1) is 12.3 Å². The van der Waals surface area contributed by atoms with Crippen molar-refractivity contribution in [2.45, 2.75) is 19.8 Å². The van der Waals surface area contributed by atoms with Gasteiger partial charge in [0.15, 0.2) is 5.75 Å². The minimum atomic E-state index is -1.27. The first kappa shape index (κ1) is 13.8. The van der Waals surface area contributed by atoms with E-state index in [1.807, 2.05) is 6.92 Å². The number of carbonyl (C=O) groups is 2. The molecular weight excluding hydrogens is 238 g/mol. The summed E-state index contributed by atoms with van der Waals surface area (Å²) in [5.41, 5.74) is -0.266. The fraction of sp³-hybridized carbons (Fsp3) is 0.333. The number of hydrogen-bond donors (Lipinski definition) is 3. The van der Waals surface area contributed by atoms with Crippen molar-refractivity contribution < 1.29 is 24.5 Å². The van der Waals surface area contributed by atoms with Crippen LogP contribution in [-0.4, -0.2) is 28.9 Å². The number of phenols is 1. The monoisotopic (exact) mass is 253 g/mol. The largest absolute Gasteiger partial charge is 0.505 e. The third-order valence-electron chi connectivity index (χ3n) is 2.23. The molecule has 6 heteroatoms. The number of hydrogen-bond acceptors (Lipinski definition) is 4. The summed E-state index contributed by atoms with van der Waals surface area (Å²) >= 11 is 0. The second kappa shape index (κ2) is 6.48. The number of anilines is 1. The van der Waals surface area contributed by atoms with Crippen molar-refractivity contribution in [1.29, 1.82) is 0 Å². The lowest BCUT2D eigenvalue weighted by Crippen LogP contribution is -2.15. The molecule has 0 fully saturated rings. The van der Waals surface area contributed by atoms with Gasteiger partial charge in [0.25, 0.3) is 0 Å². The van der Waals surface area contributed by atoms with Gasteiger partial charge in [-0.2, -0.15) is 0 Å². The summed E-state index contributed by atoms with van der Waals surface area (Å²) in [6.45, 7) is 2.24. The van der Waals surface area contributed by atoms with Crippen LogP contribution in [0.25, 0.3) is 0 Å². The van der Waals surface area contributed by atoms with E-state index in [9.17, 15) is 14.7 Å². The number of unbranched alkanes of at least 4 members (excludes halogenated alkanes) is 1. The highest BCUT2D eigenvalue weighted by molar-refractivity contribution is 5.96. The second-order valence-electron chi connectivity index (χ2n) is 3.62. The predicted octanol–water partition coefficient (Wildman–Crippen LogP) is 2.44. The van der Waals surface area contributed by atoms with Crippen LogP contribution in [0.3, 0.4) is 0 Å². The Morgan fingerprint density at radius 1 is 1.39 bits per heavy atom. The van der Waals surface area contributed by atoms with Gasteiger partial charge < -0.3 is 14.9 Å². The molecule has 1 aromatic carbocycles. The molecular formula is C12H15NO5. The number of amides is 1. The first-order valence-electron chi connectivity index (χ1n) is 5.55. The van der Waals surface area contributed by atoms with Crippen molar-refractivity contribution in [3.8, 4) is 5.75 Å². The number of ether oxygens (including phenoxy) is 1. The zero-order chi connectivity index (χ0) is 13.5. The number of aromatic hydroxyl groups is 1. The molecule has 0 aliphatic heterocycles. The zero-order valence-electron chi connectivity index (χ0n) is 9.97. The van der Waals surface area contributed by atoms with E-state index in [1.165, 1.54) is 18.2 Å². The van der Waals surface area contributed by atoms with Crippen LogP contribution in [0.4, 0.5) is 10.5 Å². The summed E-state index contributed by atoms with van der Waals surface area (Å²) in [7, 11) is 0. The van der Waals surface area contributed by atoms with Gasteiger partial charge in [0.2, 0.25) is 0 Å². The molecule has 0 bridgehead atoms. The van der Waals surface area contributed by atoms with Gasteiger partial charge in [-0.25, -0.2) is 9.59 Å². The number of carboxylic acid groups (broad SMARTS) is 1. The molecule has 3 N–H and O–H groups in total. The average Bonchev–Trinajstić information content (AvgIpc) is 2.32. The molecule has 0 aliphatic carbocycles. The number of nitrogens with one attached hydrogen (secondary N) is 1. The van der Waals surface area contributed by atoms with Crippen molar-refractivity contribution in [1.82, 2.24) is 0 Å². The molecule has 0 atom stereocenters. The van der Waals surface area contributed by atoms with E-state index in [0.717, 1.165) is 12.8 Å². The molecule has 6 nitrogen and oxygen atoms in total. The summed E-state index contributed by atoms with van der Waals surface area (Å²) in [6.07, 6.45) is 0.919. The van der Waals surface area contributed by atoms with Crippen LogP contribution in [-0.2, 0) is 4.74 Å². The number of aromatic carboxylic acids is 1. The van der Waals surface area contributed by atoms with Crippen LogP contribution in [0.2, 0.25) is 0 Å². The van der Waals surface area contributed by atoms with Crippen LogP contribution in [0.1, 0.15) is 30.1 Å². The van der Waals surface area contributed by atoms with Gasteiger partial charge in [-0.05, 0) is 18.6 Å². The standard InChI is InChI=1S/C12H15NO5/c1-2-3-7-18-12(17)13-9-6-4-5-8(10(9)14)11(15)16/h4-6,14H,2-3,7H2,1H3,(H,13,17)(H,15,16). The van der Waals surface area contributed by atoms with Gasteiger partial charge >= 0.3 is 12.1 Å². The summed E-state index contributed by atoms with van der Waals surface area (Å²) < 4.78 is 4.83. The third-order valence-corrected chi connectivity index (χ3v) is 2.23. The highest BCUT2D eigenvalue weighted by Gasteiger charge is 2.14. The molecule has 98 valence electrons. The highest BCUT2D eigenvalue weighted by Crippen LogP contribution is 2.27. The Kier molecular flexibility index (Phi) is 4.98. The van der Waals surface area contributed by atoms with Crippen molar-refractivity contribution in [2.24, 2.45) is 0 Å². The Morgan fingerprint density at radius 3 is 2.72 bits per heavy atom. The van der Waals surface area contributed by atoms with Crippen molar-refractivity contribution in [3.05, 3.63) is 23.8 Å². The Hall–Kier alpha value is -2.24. The van der Waals surface area contributed by atoms with E-state index in [0.29, 0.717) is 0 Å². The summed E-state index contributed by atoms with van der Waals surface area (Å²) in [6, 6.07) is 4.05. The van der Waals surface area contributed by atoms with Crippen molar-refractivity contribution in [3.63, 3.8) is 0 Å². The maximum Gasteiger partial charge on any atom is 0.411 e. The van der Waals surface area contributed by atoms with E-state index in [-0.39, 0.29) is 17.9 Å². The quantitative estimate of drug-likeness (QED) is 0.553. The molecule has 1 aromatic rings. The van der Waals surface area contributed by atoms with Crippen LogP contribution >= 0.6 is 0 Å². The van der Waals surface area contributed by atoms with E-state index >= 15 is 0 Å². The maximum atomic E-state index is 11.3. The normalized spacial score (nSPS) is 9.83. The highest BCUT2D eigenvalue weighted by atomic mass is 16.5. The number of para-hydroxylation sites is 1. The summed E-state index contributed by atoms with van der Waals surface area (Å²) in [5.74, 6) is -1.76. The van der Waals surface area contributed by atoms with Crippen LogP contribution in [0.5, 0.6) is 5.75 Å². The maximum absolute atomic E-state index is 11.3. The molecule has 1 amide bonds. The van der Waals surface area contributed by atoms with Gasteiger partial charge in [-0.1, -0.05) is 19.4 Å². The van der Waals surface area contributed by atoms with E-state index in [4.69, 9.17) is 9.84 Å². The number of rotatable bonds is 5. The molecule has 0 unspecified atom stereocenters. The minimum Gasteiger partial charge on any atom is -0.505 e. The average molecular weight is 253 g/mol. The minimum absolute atomic E-state index is 0.0106. The molecule has 0 saturated heterocycles. The predicted molar refractivity (Wildman–Crippen MR) is 64.9 cm³/mol. The Labute approximate surface area is 104 Å². The number of carboxylic acids is 1. The van der Waals surface area contributed by atoms with Crippen molar-refractivity contribution >= 4 is 17.7 Å². The topological polar surface area (TPSA) is 95.9 Å². The summed E-state index contributed by atoms with van der Waals surface area (Å²) in [4.78, 5) is 22.1. The first-order chi connectivity index (χ1) is 8.56. The lowest BCUT2D eigenvalue weighted by molar-refractivity contribution is 0.0693. The molecule has 0 aliphatic rings. The molecule has 0 aromatic heterocycles. The van der Waals surface area contributed by atoms with Crippen molar-refractivity contribution in [2.75, 3.05) is 11.9 Å². The SMILES string of the molecule is CCCCOC(=O)Nc1cccc(C(=O)O)c1O. The second-order valence-corrected chi connectivity index (χ2v) is 3.62. The molecule has 0 saturated carbocycles. The third kappa shape index (κ3) is 3.65. The smallest absolute Gasteiger partial charge is 0.411 e. The lowest BCUT2D eigenvalue weighted by atomic mass is 10.2. The molecule has 1 rings (SSSR count). The van der Waals surface area contributed by atoms with Gasteiger partial charge in [-0.15, -0.1) is 0 Å². The first-order valence-corrected chi connectivity index (χ1v) is 5.55. The van der Waals surface area contributed by atoms with E-state index in [2.05, 4.69) is 5.32 Å². The van der Waals surface area contributed by atoms with E-state index < -0.39 is 17.8 Å². The van der Waals surface area contributed by atoms with Gasteiger partial charge in [0.1, 0.15) is 5.56 Å². The summed E-state index contributed by atoms with van der Waals surface area (Å²) in [5, 5.41) is 20.7. The van der Waals surface area contributed by atoms with Crippen LogP contribution in [0, 0.1) is 0 Å². The number of benzene rings is 1. The van der Waals surface area contributed by atoms with Crippen LogP contribution in [0.15, 0.2) is 18.2 Å². The van der Waals surface area contributed by atoms with Gasteiger partial charge in [0, 0.05) is 0 Å². The fourth-order valence-electron chi connectivity index (χ4n) is 1.27. The Morgan fingerprint density at radius 2 is 2.11 bits per heavy atom. The molecule has 0 heterocycles. The molecule has 18 heavy (non-hydrogen) atoms. The molecule has 0 spiro atoms. The molecule has 0 radical (unpaired) electrons. The Bertz CT molecular complexity index is 444.